The molecule has 0 saturated carbocycles. The lowest BCUT2D eigenvalue weighted by atomic mass is 10.2. The van der Waals surface area contributed by atoms with Crippen molar-refractivity contribution >= 4 is 38.7 Å². The Morgan fingerprint density at radius 3 is 2.35 bits per heavy atom. The summed E-state index contributed by atoms with van der Waals surface area (Å²) in [6.07, 6.45) is 0. The molecule has 0 atom stereocenters. The van der Waals surface area contributed by atoms with Crippen LogP contribution in [0.25, 0.3) is 0 Å². The zero-order valence-electron chi connectivity index (χ0n) is 12.7. The molecule has 23 heavy (non-hydrogen) atoms. The van der Waals surface area contributed by atoms with E-state index in [0.717, 1.165) is 11.3 Å². The van der Waals surface area contributed by atoms with Gasteiger partial charge < -0.3 is 15.4 Å². The lowest BCUT2D eigenvalue weighted by molar-refractivity contribution is 0.417. The molecule has 2 aromatic rings. The molecule has 0 radical (unpaired) electrons. The van der Waals surface area contributed by atoms with Crippen molar-refractivity contribution in [1.82, 2.24) is 0 Å². The molecule has 122 valence electrons. The second-order valence-corrected chi connectivity index (χ2v) is 6.82. The van der Waals surface area contributed by atoms with Crippen molar-refractivity contribution in [3.05, 3.63) is 48.0 Å². The molecule has 0 spiro atoms. The fraction of sp³-hybridized carbons (Fsp3) is 0.133. The van der Waals surface area contributed by atoms with Gasteiger partial charge in [-0.25, -0.2) is 13.6 Å². The fourth-order valence-corrected chi connectivity index (χ4v) is 2.68. The first-order valence-corrected chi connectivity index (χ1v) is 8.60. The molecule has 0 bridgehead atoms. The Labute approximate surface area is 140 Å². The molecule has 4 N–H and O–H groups in total. The standard InChI is InChI=1S/C15H17N3O3S2/c1-10-3-8-14(21-2)13(9-10)18-15(22)17-11-4-6-12(7-5-11)23(16,19)20/h3-9H,1-2H3,(H2,16,19,20)(H2,17,18,22). The first-order valence-electron chi connectivity index (χ1n) is 6.65. The Bertz CT molecular complexity index is 818. The van der Waals surface area contributed by atoms with E-state index in [1.54, 1.807) is 19.2 Å². The third-order valence-electron chi connectivity index (χ3n) is 3.04. The van der Waals surface area contributed by atoms with Crippen molar-refractivity contribution in [2.24, 2.45) is 5.14 Å². The molecule has 2 rings (SSSR count). The normalized spacial score (nSPS) is 10.9. The van der Waals surface area contributed by atoms with Gasteiger partial charge in [-0.1, -0.05) is 6.07 Å². The third kappa shape index (κ3) is 4.65. The number of thiocarbonyl (C=S) groups is 1. The summed E-state index contributed by atoms with van der Waals surface area (Å²) >= 11 is 5.25. The second-order valence-electron chi connectivity index (χ2n) is 4.85. The van der Waals surface area contributed by atoms with E-state index in [1.807, 2.05) is 25.1 Å². The van der Waals surface area contributed by atoms with Crippen LogP contribution in [0.2, 0.25) is 0 Å². The number of nitrogens with one attached hydrogen (secondary N) is 2. The smallest absolute Gasteiger partial charge is 0.238 e. The maximum Gasteiger partial charge on any atom is 0.238 e. The first kappa shape index (κ1) is 17.2. The summed E-state index contributed by atoms with van der Waals surface area (Å²) in [7, 11) is -2.12. The van der Waals surface area contributed by atoms with E-state index < -0.39 is 10.0 Å². The molecule has 0 aliphatic carbocycles. The van der Waals surface area contributed by atoms with Crippen LogP contribution in [0.15, 0.2) is 47.4 Å². The summed E-state index contributed by atoms with van der Waals surface area (Å²) in [5.74, 6) is 0.671. The number of aryl methyl sites for hydroxylation is 1. The van der Waals surface area contributed by atoms with Gasteiger partial charge in [0.05, 0.1) is 17.7 Å². The highest BCUT2D eigenvalue weighted by atomic mass is 32.2. The Morgan fingerprint density at radius 2 is 1.78 bits per heavy atom. The third-order valence-corrected chi connectivity index (χ3v) is 4.18. The van der Waals surface area contributed by atoms with Gasteiger partial charge in [0, 0.05) is 5.69 Å². The average Bonchev–Trinajstić information content (AvgIpc) is 2.47. The van der Waals surface area contributed by atoms with Crippen molar-refractivity contribution in [3.63, 3.8) is 0 Å². The van der Waals surface area contributed by atoms with Crippen LogP contribution in [0.4, 0.5) is 11.4 Å². The predicted molar refractivity (Wildman–Crippen MR) is 95.4 cm³/mol. The van der Waals surface area contributed by atoms with Crippen molar-refractivity contribution < 1.29 is 13.2 Å². The molecule has 0 saturated heterocycles. The van der Waals surface area contributed by atoms with Crippen LogP contribution in [0.3, 0.4) is 0 Å². The monoisotopic (exact) mass is 351 g/mol. The summed E-state index contributed by atoms with van der Waals surface area (Å²) in [6, 6.07) is 11.7. The lowest BCUT2D eigenvalue weighted by Crippen LogP contribution is -2.19. The van der Waals surface area contributed by atoms with Gasteiger partial charge in [-0.2, -0.15) is 0 Å². The maximum absolute atomic E-state index is 11.2. The number of ether oxygens (including phenoxy) is 1. The van der Waals surface area contributed by atoms with Crippen molar-refractivity contribution in [2.45, 2.75) is 11.8 Å². The fourth-order valence-electron chi connectivity index (χ4n) is 1.93. The molecule has 6 nitrogen and oxygen atoms in total. The van der Waals surface area contributed by atoms with Gasteiger partial charge in [-0.3, -0.25) is 0 Å². The van der Waals surface area contributed by atoms with Gasteiger partial charge in [0.15, 0.2) is 5.11 Å². The number of sulfonamides is 1. The second kappa shape index (κ2) is 6.95. The van der Waals surface area contributed by atoms with E-state index in [1.165, 1.54) is 12.1 Å². The van der Waals surface area contributed by atoms with Crippen molar-refractivity contribution in [2.75, 3.05) is 17.7 Å². The average molecular weight is 351 g/mol. The van der Waals surface area contributed by atoms with E-state index in [-0.39, 0.29) is 4.90 Å². The molecule has 0 heterocycles. The molecule has 0 aliphatic rings. The summed E-state index contributed by atoms with van der Waals surface area (Å²) in [5, 5.41) is 11.4. The number of nitrogens with two attached hydrogens (primary N) is 1. The van der Waals surface area contributed by atoms with Crippen molar-refractivity contribution in [3.8, 4) is 5.75 Å². The molecule has 0 unspecified atom stereocenters. The first-order chi connectivity index (χ1) is 10.8. The minimum atomic E-state index is -3.70. The molecule has 0 aliphatic heterocycles. The molecule has 0 amide bonds. The Kier molecular flexibility index (Phi) is 5.19. The minimum absolute atomic E-state index is 0.0438. The maximum atomic E-state index is 11.2. The lowest BCUT2D eigenvalue weighted by Gasteiger charge is -2.14. The number of hydrogen-bond donors (Lipinski definition) is 3. The van der Waals surface area contributed by atoms with E-state index in [4.69, 9.17) is 22.1 Å². The highest BCUT2D eigenvalue weighted by Gasteiger charge is 2.08. The van der Waals surface area contributed by atoms with Crippen LogP contribution in [0.5, 0.6) is 5.75 Å². The van der Waals surface area contributed by atoms with Crippen LogP contribution < -0.4 is 20.5 Å². The van der Waals surface area contributed by atoms with Crippen LogP contribution in [-0.4, -0.2) is 20.6 Å². The number of benzene rings is 2. The summed E-state index contributed by atoms with van der Waals surface area (Å²) in [6.45, 7) is 1.97. The van der Waals surface area contributed by atoms with Gasteiger partial charge in [-0.05, 0) is 61.1 Å². The van der Waals surface area contributed by atoms with Crippen LogP contribution in [0, 0.1) is 6.92 Å². The van der Waals surface area contributed by atoms with Crippen LogP contribution in [0.1, 0.15) is 5.56 Å². The van der Waals surface area contributed by atoms with E-state index in [9.17, 15) is 8.42 Å². The number of hydrogen-bond acceptors (Lipinski definition) is 4. The van der Waals surface area contributed by atoms with Gasteiger partial charge in [0.2, 0.25) is 10.0 Å². The molecule has 8 heteroatoms. The Hall–Kier alpha value is -2.16. The van der Waals surface area contributed by atoms with Crippen molar-refractivity contribution in [1.29, 1.82) is 0 Å². The van der Waals surface area contributed by atoms with Gasteiger partial charge in [0.1, 0.15) is 5.75 Å². The minimum Gasteiger partial charge on any atom is -0.495 e. The largest absolute Gasteiger partial charge is 0.495 e. The zero-order chi connectivity index (χ0) is 17.0. The Balaban J connectivity index is 2.10. The summed E-state index contributed by atoms with van der Waals surface area (Å²) in [4.78, 5) is 0.0438. The molecule has 0 aromatic heterocycles. The molecular weight excluding hydrogens is 334 g/mol. The van der Waals surface area contributed by atoms with E-state index >= 15 is 0 Å². The van der Waals surface area contributed by atoms with Crippen LogP contribution >= 0.6 is 12.2 Å². The molecular formula is C15H17N3O3S2. The molecule has 0 fully saturated rings. The summed E-state index contributed by atoms with van der Waals surface area (Å²) < 4.78 is 27.7. The van der Waals surface area contributed by atoms with Gasteiger partial charge in [0.25, 0.3) is 0 Å². The number of primary sulfonamides is 1. The highest BCUT2D eigenvalue weighted by molar-refractivity contribution is 7.89. The number of methoxy groups -OCH3 is 1. The van der Waals surface area contributed by atoms with Gasteiger partial charge in [-0.15, -0.1) is 0 Å². The summed E-state index contributed by atoms with van der Waals surface area (Å²) in [5.41, 5.74) is 2.45. The van der Waals surface area contributed by atoms with Crippen LogP contribution in [-0.2, 0) is 10.0 Å². The van der Waals surface area contributed by atoms with E-state index in [0.29, 0.717) is 16.5 Å². The predicted octanol–water partition coefficient (Wildman–Crippen LogP) is 2.46. The van der Waals surface area contributed by atoms with E-state index in [2.05, 4.69) is 10.6 Å². The number of rotatable bonds is 4. The highest BCUT2D eigenvalue weighted by Crippen LogP contribution is 2.25. The molecule has 2 aromatic carbocycles. The zero-order valence-corrected chi connectivity index (χ0v) is 14.3. The Morgan fingerprint density at radius 1 is 1.13 bits per heavy atom. The SMILES string of the molecule is COc1ccc(C)cc1NC(=S)Nc1ccc(S(N)(=O)=O)cc1. The number of anilines is 2. The topological polar surface area (TPSA) is 93.4 Å². The quantitative estimate of drug-likeness (QED) is 0.733. The van der Waals surface area contributed by atoms with Gasteiger partial charge >= 0.3 is 0 Å².